The number of halogens is 1. The molecule has 1 aliphatic rings. The number of benzene rings is 1. The summed E-state index contributed by atoms with van der Waals surface area (Å²) in [4.78, 5) is 32.7. The highest BCUT2D eigenvalue weighted by Gasteiger charge is 2.28. The molecule has 1 aliphatic heterocycles. The minimum atomic E-state index is -0.0630. The van der Waals surface area contributed by atoms with Crippen molar-refractivity contribution in [3.8, 4) is 11.1 Å². The molecular formula is C20H18ClN3O2S. The van der Waals surface area contributed by atoms with Crippen LogP contribution in [0, 0.1) is 0 Å². The molecule has 4 rings (SSSR count). The summed E-state index contributed by atoms with van der Waals surface area (Å²) in [6.45, 7) is 2.00. The number of H-pyrrole nitrogens is 1. The van der Waals surface area contributed by atoms with Gasteiger partial charge in [-0.2, -0.15) is 0 Å². The van der Waals surface area contributed by atoms with Crippen molar-refractivity contribution in [1.29, 1.82) is 0 Å². The second kappa shape index (κ2) is 7.58. The quantitative estimate of drug-likeness (QED) is 0.723. The smallest absolute Gasteiger partial charge is 0.271 e. The number of thiophene rings is 1. The summed E-state index contributed by atoms with van der Waals surface area (Å²) in [5.41, 5.74) is 2.48. The molecule has 1 fully saturated rings. The van der Waals surface area contributed by atoms with Gasteiger partial charge in [0.25, 0.3) is 11.8 Å². The molecule has 138 valence electrons. The molecule has 0 spiro atoms. The average Bonchev–Trinajstić information content (AvgIpc) is 3.37. The number of piperazine rings is 1. The number of carbonyl (C=O) groups excluding carboxylic acids is 2. The number of nitrogens with one attached hydrogen (secondary N) is 1. The van der Waals surface area contributed by atoms with Crippen LogP contribution in [0.25, 0.3) is 11.1 Å². The Hall–Kier alpha value is -2.57. The van der Waals surface area contributed by atoms with Gasteiger partial charge in [-0.15, -0.1) is 11.3 Å². The lowest BCUT2D eigenvalue weighted by atomic mass is 10.1. The monoisotopic (exact) mass is 399 g/mol. The van der Waals surface area contributed by atoms with Crippen LogP contribution in [0.2, 0.25) is 5.02 Å². The van der Waals surface area contributed by atoms with Crippen LogP contribution in [0.5, 0.6) is 0 Å². The molecule has 1 N–H and O–H groups in total. The Kier molecular flexibility index (Phi) is 5.01. The molecule has 0 radical (unpaired) electrons. The lowest BCUT2D eigenvalue weighted by Crippen LogP contribution is -2.50. The van der Waals surface area contributed by atoms with Crippen molar-refractivity contribution in [2.45, 2.75) is 0 Å². The molecule has 2 aromatic heterocycles. The maximum atomic E-state index is 13.0. The van der Waals surface area contributed by atoms with E-state index in [1.807, 2.05) is 41.8 Å². The van der Waals surface area contributed by atoms with Crippen LogP contribution in [0.4, 0.5) is 0 Å². The number of amides is 2. The first kappa shape index (κ1) is 17.8. The molecule has 0 saturated carbocycles. The fourth-order valence-corrected chi connectivity index (χ4v) is 4.37. The second-order valence-corrected chi connectivity index (χ2v) is 7.64. The molecule has 0 atom stereocenters. The van der Waals surface area contributed by atoms with Crippen molar-refractivity contribution in [2.75, 3.05) is 26.2 Å². The number of nitrogens with zero attached hydrogens (tertiary/aromatic N) is 2. The van der Waals surface area contributed by atoms with E-state index in [0.717, 1.165) is 11.1 Å². The van der Waals surface area contributed by atoms with Gasteiger partial charge in [0.1, 0.15) is 10.6 Å². The predicted molar refractivity (Wildman–Crippen MR) is 107 cm³/mol. The van der Waals surface area contributed by atoms with Gasteiger partial charge in [0, 0.05) is 37.9 Å². The molecule has 27 heavy (non-hydrogen) atoms. The lowest BCUT2D eigenvalue weighted by Gasteiger charge is -2.34. The minimum absolute atomic E-state index is 0.0416. The molecular weight excluding hydrogens is 382 g/mol. The van der Waals surface area contributed by atoms with Crippen molar-refractivity contribution in [3.05, 3.63) is 69.6 Å². The zero-order chi connectivity index (χ0) is 18.8. The summed E-state index contributed by atoms with van der Waals surface area (Å²) in [6.07, 6.45) is 1.79. The van der Waals surface area contributed by atoms with E-state index in [4.69, 9.17) is 11.6 Å². The number of carbonyl (C=O) groups is 2. The Balaban J connectivity index is 1.45. The highest BCUT2D eigenvalue weighted by molar-refractivity contribution is 7.12. The summed E-state index contributed by atoms with van der Waals surface area (Å²) in [5, 5.41) is 2.30. The summed E-state index contributed by atoms with van der Waals surface area (Å²) in [7, 11) is 0. The normalized spacial score (nSPS) is 14.4. The van der Waals surface area contributed by atoms with Gasteiger partial charge in [-0.3, -0.25) is 9.59 Å². The first-order valence-electron chi connectivity index (χ1n) is 8.69. The van der Waals surface area contributed by atoms with Gasteiger partial charge in [-0.1, -0.05) is 41.9 Å². The highest BCUT2D eigenvalue weighted by atomic mass is 35.5. The summed E-state index contributed by atoms with van der Waals surface area (Å²) in [6, 6.07) is 13.5. The summed E-state index contributed by atoms with van der Waals surface area (Å²) in [5.74, 6) is -0.105. The first-order valence-corrected chi connectivity index (χ1v) is 9.95. The Labute approximate surface area is 166 Å². The summed E-state index contributed by atoms with van der Waals surface area (Å²) < 4.78 is 0. The topological polar surface area (TPSA) is 56.4 Å². The second-order valence-electron chi connectivity index (χ2n) is 6.31. The van der Waals surface area contributed by atoms with Crippen molar-refractivity contribution < 1.29 is 9.59 Å². The van der Waals surface area contributed by atoms with Gasteiger partial charge >= 0.3 is 0 Å². The predicted octanol–water partition coefficient (Wildman–Crippen LogP) is 3.99. The van der Waals surface area contributed by atoms with Gasteiger partial charge in [0.15, 0.2) is 0 Å². The molecule has 0 bridgehead atoms. The lowest BCUT2D eigenvalue weighted by molar-refractivity contribution is 0.0536. The van der Waals surface area contributed by atoms with Crippen LogP contribution in [-0.4, -0.2) is 52.8 Å². The van der Waals surface area contributed by atoms with E-state index in [2.05, 4.69) is 4.98 Å². The number of aromatic amines is 1. The van der Waals surface area contributed by atoms with E-state index in [1.165, 1.54) is 11.3 Å². The molecule has 1 aromatic carbocycles. The maximum Gasteiger partial charge on any atom is 0.271 e. The Morgan fingerprint density at radius 1 is 0.926 bits per heavy atom. The molecule has 7 heteroatoms. The van der Waals surface area contributed by atoms with E-state index < -0.39 is 0 Å². The minimum Gasteiger partial charge on any atom is -0.357 e. The van der Waals surface area contributed by atoms with Crippen LogP contribution >= 0.6 is 22.9 Å². The molecule has 0 aliphatic carbocycles. The van der Waals surface area contributed by atoms with Crippen molar-refractivity contribution in [1.82, 2.24) is 14.8 Å². The van der Waals surface area contributed by atoms with Crippen LogP contribution < -0.4 is 0 Å². The van der Waals surface area contributed by atoms with Gasteiger partial charge in [-0.05, 0) is 23.1 Å². The Morgan fingerprint density at radius 2 is 1.59 bits per heavy atom. The number of rotatable bonds is 3. The van der Waals surface area contributed by atoms with Crippen LogP contribution in [0.3, 0.4) is 0 Å². The number of aromatic nitrogens is 1. The Bertz CT molecular complexity index is 959. The third-order valence-electron chi connectivity index (χ3n) is 4.71. The molecule has 2 amide bonds. The zero-order valence-electron chi connectivity index (χ0n) is 14.5. The fourth-order valence-electron chi connectivity index (χ4n) is 3.27. The van der Waals surface area contributed by atoms with Crippen molar-refractivity contribution >= 4 is 34.8 Å². The molecule has 0 unspecified atom stereocenters. The standard InChI is InChI=1S/C20H18ClN3O2S/c21-16-7-13-27-18(16)20(26)24-11-9-23(10-12-24)19(25)17-15(6-8-22-17)14-4-2-1-3-5-14/h1-8,13,22H,9-12H2. The SMILES string of the molecule is O=C(c1[nH]ccc1-c1ccccc1)N1CCN(C(=O)c2sccc2Cl)CC1. The number of hydrogen-bond acceptors (Lipinski definition) is 3. The molecule has 1 saturated heterocycles. The van der Waals surface area contributed by atoms with Crippen molar-refractivity contribution in [3.63, 3.8) is 0 Å². The zero-order valence-corrected chi connectivity index (χ0v) is 16.1. The highest BCUT2D eigenvalue weighted by Crippen LogP contribution is 2.26. The largest absolute Gasteiger partial charge is 0.357 e. The summed E-state index contributed by atoms with van der Waals surface area (Å²) >= 11 is 7.42. The van der Waals surface area contributed by atoms with E-state index in [9.17, 15) is 9.59 Å². The van der Waals surface area contributed by atoms with E-state index in [-0.39, 0.29) is 11.8 Å². The van der Waals surface area contributed by atoms with Crippen LogP contribution in [-0.2, 0) is 0 Å². The van der Waals surface area contributed by atoms with Gasteiger partial charge in [-0.25, -0.2) is 0 Å². The van der Waals surface area contributed by atoms with Crippen molar-refractivity contribution in [2.24, 2.45) is 0 Å². The molecule has 5 nitrogen and oxygen atoms in total. The van der Waals surface area contributed by atoms with Gasteiger partial charge in [0.2, 0.25) is 0 Å². The average molecular weight is 400 g/mol. The fraction of sp³-hybridized carbons (Fsp3) is 0.200. The maximum absolute atomic E-state index is 13.0. The number of hydrogen-bond donors (Lipinski definition) is 1. The van der Waals surface area contributed by atoms with Crippen LogP contribution in [0.15, 0.2) is 54.0 Å². The molecule has 3 aromatic rings. The van der Waals surface area contributed by atoms with E-state index >= 15 is 0 Å². The van der Waals surface area contributed by atoms with Gasteiger partial charge < -0.3 is 14.8 Å². The van der Waals surface area contributed by atoms with E-state index in [1.54, 1.807) is 22.1 Å². The van der Waals surface area contributed by atoms with E-state index in [0.29, 0.717) is 41.8 Å². The third kappa shape index (κ3) is 3.50. The van der Waals surface area contributed by atoms with Crippen LogP contribution in [0.1, 0.15) is 20.2 Å². The van der Waals surface area contributed by atoms with Gasteiger partial charge in [0.05, 0.1) is 5.02 Å². The molecule has 3 heterocycles. The third-order valence-corrected chi connectivity index (χ3v) is 6.04. The first-order chi connectivity index (χ1) is 13.1. The Morgan fingerprint density at radius 3 is 2.22 bits per heavy atom.